The molecular weight excluding hydrogens is 230 g/mol. The highest BCUT2D eigenvalue weighted by Gasteiger charge is 2.25. The van der Waals surface area contributed by atoms with Gasteiger partial charge in [0, 0.05) is 12.1 Å². The molecule has 0 bridgehead atoms. The molecule has 1 aromatic carbocycles. The first-order valence-electron chi connectivity index (χ1n) is 7.97. The lowest BCUT2D eigenvalue weighted by atomic mass is 9.80. The number of benzene rings is 1. The smallest absolute Gasteiger partial charge is 0.0107 e. The minimum absolute atomic E-state index is 0.630. The third kappa shape index (κ3) is 4.65. The zero-order valence-electron chi connectivity index (χ0n) is 12.7. The summed E-state index contributed by atoms with van der Waals surface area (Å²) in [6.45, 7) is 7.11. The highest BCUT2D eigenvalue weighted by molar-refractivity contribution is 5.15. The summed E-state index contributed by atoms with van der Waals surface area (Å²) in [6, 6.07) is 12.2. The van der Waals surface area contributed by atoms with Gasteiger partial charge in [-0.1, -0.05) is 51.1 Å². The molecule has 19 heavy (non-hydrogen) atoms. The first-order chi connectivity index (χ1) is 9.17. The van der Waals surface area contributed by atoms with Crippen molar-refractivity contribution in [3.8, 4) is 0 Å². The molecule has 1 N–H and O–H groups in total. The highest BCUT2D eigenvalue weighted by atomic mass is 14.9. The van der Waals surface area contributed by atoms with Crippen LogP contribution in [0.1, 0.15) is 52.0 Å². The quantitative estimate of drug-likeness (QED) is 0.825. The van der Waals surface area contributed by atoms with Crippen LogP contribution in [0.5, 0.6) is 0 Å². The summed E-state index contributed by atoms with van der Waals surface area (Å²) >= 11 is 0. The first-order valence-corrected chi connectivity index (χ1v) is 7.97. The SMILES string of the molecule is CCC(Cc1ccccc1)NC1CC(C)CC(C)C1. The van der Waals surface area contributed by atoms with Crippen LogP contribution in [0.15, 0.2) is 30.3 Å². The molecule has 1 aliphatic rings. The van der Waals surface area contributed by atoms with E-state index >= 15 is 0 Å². The first kappa shape index (κ1) is 14.6. The highest BCUT2D eigenvalue weighted by Crippen LogP contribution is 2.29. The second-order valence-corrected chi connectivity index (χ2v) is 6.58. The van der Waals surface area contributed by atoms with E-state index < -0.39 is 0 Å². The van der Waals surface area contributed by atoms with Crippen LogP contribution < -0.4 is 5.32 Å². The molecule has 0 aliphatic heterocycles. The molecule has 3 atom stereocenters. The van der Waals surface area contributed by atoms with E-state index in [-0.39, 0.29) is 0 Å². The van der Waals surface area contributed by atoms with Crippen molar-refractivity contribution in [2.24, 2.45) is 11.8 Å². The van der Waals surface area contributed by atoms with Crippen molar-refractivity contribution in [2.45, 2.75) is 65.0 Å². The Hall–Kier alpha value is -0.820. The molecule has 0 radical (unpaired) electrons. The number of hydrogen-bond acceptors (Lipinski definition) is 1. The van der Waals surface area contributed by atoms with Gasteiger partial charge in [-0.25, -0.2) is 0 Å². The summed E-state index contributed by atoms with van der Waals surface area (Å²) in [5, 5.41) is 3.91. The van der Waals surface area contributed by atoms with Gasteiger partial charge in [0.2, 0.25) is 0 Å². The number of nitrogens with one attached hydrogen (secondary N) is 1. The van der Waals surface area contributed by atoms with Gasteiger partial charge in [-0.3, -0.25) is 0 Å². The van der Waals surface area contributed by atoms with Gasteiger partial charge < -0.3 is 5.32 Å². The Balaban J connectivity index is 1.88. The van der Waals surface area contributed by atoms with Crippen LogP contribution in [0.2, 0.25) is 0 Å². The van der Waals surface area contributed by atoms with Crippen molar-refractivity contribution in [1.29, 1.82) is 0 Å². The lowest BCUT2D eigenvalue weighted by molar-refractivity contribution is 0.223. The second-order valence-electron chi connectivity index (χ2n) is 6.58. The molecule has 0 spiro atoms. The molecule has 2 rings (SSSR count). The van der Waals surface area contributed by atoms with Gasteiger partial charge in [-0.15, -0.1) is 0 Å². The Labute approximate surface area is 118 Å². The van der Waals surface area contributed by atoms with E-state index in [2.05, 4.69) is 56.4 Å². The van der Waals surface area contributed by atoms with Crippen molar-refractivity contribution in [3.63, 3.8) is 0 Å². The van der Waals surface area contributed by atoms with Crippen LogP contribution in [-0.4, -0.2) is 12.1 Å². The van der Waals surface area contributed by atoms with E-state index in [1.807, 2.05) is 0 Å². The summed E-state index contributed by atoms with van der Waals surface area (Å²) in [7, 11) is 0. The lowest BCUT2D eigenvalue weighted by Crippen LogP contribution is -2.43. The topological polar surface area (TPSA) is 12.0 Å². The Kier molecular flexibility index (Phi) is 5.45. The minimum atomic E-state index is 0.630. The molecule has 0 heterocycles. The summed E-state index contributed by atoms with van der Waals surface area (Å²) < 4.78 is 0. The summed E-state index contributed by atoms with van der Waals surface area (Å²) in [6.07, 6.45) is 6.50. The van der Waals surface area contributed by atoms with Gasteiger partial charge in [0.1, 0.15) is 0 Å². The van der Waals surface area contributed by atoms with E-state index in [4.69, 9.17) is 0 Å². The Morgan fingerprint density at radius 3 is 2.26 bits per heavy atom. The molecule has 0 amide bonds. The van der Waals surface area contributed by atoms with Crippen LogP contribution in [0.25, 0.3) is 0 Å². The fourth-order valence-corrected chi connectivity index (χ4v) is 3.64. The molecule has 0 aromatic heterocycles. The van der Waals surface area contributed by atoms with Crippen molar-refractivity contribution in [2.75, 3.05) is 0 Å². The Morgan fingerprint density at radius 1 is 1.05 bits per heavy atom. The molecule has 1 heteroatoms. The molecule has 1 aromatic rings. The maximum atomic E-state index is 3.91. The predicted octanol–water partition coefficient (Wildman–Crippen LogP) is 4.42. The van der Waals surface area contributed by atoms with Crippen LogP contribution in [0.3, 0.4) is 0 Å². The van der Waals surface area contributed by atoms with Gasteiger partial charge in [0.25, 0.3) is 0 Å². The van der Waals surface area contributed by atoms with Crippen molar-refractivity contribution < 1.29 is 0 Å². The second kappa shape index (κ2) is 7.09. The molecular formula is C18H29N. The summed E-state index contributed by atoms with van der Waals surface area (Å²) in [5.41, 5.74) is 1.46. The lowest BCUT2D eigenvalue weighted by Gasteiger charge is -2.34. The third-order valence-electron chi connectivity index (χ3n) is 4.47. The van der Waals surface area contributed by atoms with E-state index in [1.54, 1.807) is 0 Å². The van der Waals surface area contributed by atoms with Gasteiger partial charge in [-0.05, 0) is 49.5 Å². The molecule has 0 saturated heterocycles. The molecule has 3 unspecified atom stereocenters. The van der Waals surface area contributed by atoms with Crippen LogP contribution in [-0.2, 0) is 6.42 Å². The maximum Gasteiger partial charge on any atom is 0.0107 e. The fraction of sp³-hybridized carbons (Fsp3) is 0.667. The molecule has 106 valence electrons. The average molecular weight is 259 g/mol. The van der Waals surface area contributed by atoms with Crippen molar-refractivity contribution in [3.05, 3.63) is 35.9 Å². The maximum absolute atomic E-state index is 3.91. The van der Waals surface area contributed by atoms with Gasteiger partial charge in [-0.2, -0.15) is 0 Å². The van der Waals surface area contributed by atoms with Crippen molar-refractivity contribution >= 4 is 0 Å². The molecule has 1 nitrogen and oxygen atoms in total. The average Bonchev–Trinajstić information content (AvgIpc) is 2.38. The number of rotatable bonds is 5. The minimum Gasteiger partial charge on any atom is -0.311 e. The zero-order valence-corrected chi connectivity index (χ0v) is 12.7. The van der Waals surface area contributed by atoms with Gasteiger partial charge in [0.05, 0.1) is 0 Å². The van der Waals surface area contributed by atoms with Crippen LogP contribution in [0, 0.1) is 11.8 Å². The van der Waals surface area contributed by atoms with Crippen LogP contribution in [0.4, 0.5) is 0 Å². The fourth-order valence-electron chi connectivity index (χ4n) is 3.64. The third-order valence-corrected chi connectivity index (χ3v) is 4.47. The van der Waals surface area contributed by atoms with E-state index in [0.717, 1.165) is 24.3 Å². The van der Waals surface area contributed by atoms with Crippen molar-refractivity contribution in [1.82, 2.24) is 5.32 Å². The summed E-state index contributed by atoms with van der Waals surface area (Å²) in [5.74, 6) is 1.77. The van der Waals surface area contributed by atoms with Gasteiger partial charge >= 0.3 is 0 Å². The molecule has 1 aliphatic carbocycles. The predicted molar refractivity (Wildman–Crippen MR) is 83.3 cm³/mol. The Morgan fingerprint density at radius 2 is 1.68 bits per heavy atom. The van der Waals surface area contributed by atoms with E-state index in [0.29, 0.717) is 6.04 Å². The standard InChI is InChI=1S/C18H29N/c1-4-17(13-16-8-6-5-7-9-16)19-18-11-14(2)10-15(3)12-18/h5-9,14-15,17-19H,4,10-13H2,1-3H3. The normalized spacial score (nSPS) is 29.1. The molecule has 1 fully saturated rings. The Bertz CT molecular complexity index is 349. The zero-order chi connectivity index (χ0) is 13.7. The van der Waals surface area contributed by atoms with E-state index in [1.165, 1.54) is 31.2 Å². The largest absolute Gasteiger partial charge is 0.311 e. The van der Waals surface area contributed by atoms with E-state index in [9.17, 15) is 0 Å². The van der Waals surface area contributed by atoms with Gasteiger partial charge in [0.15, 0.2) is 0 Å². The molecule has 1 saturated carbocycles. The summed E-state index contributed by atoms with van der Waals surface area (Å²) in [4.78, 5) is 0. The van der Waals surface area contributed by atoms with Crippen LogP contribution >= 0.6 is 0 Å². The monoisotopic (exact) mass is 259 g/mol. The number of hydrogen-bond donors (Lipinski definition) is 1.